The van der Waals surface area contributed by atoms with Crippen LogP contribution >= 0.6 is 11.3 Å². The summed E-state index contributed by atoms with van der Waals surface area (Å²) >= 11 is 1.59. The fraction of sp³-hybridized carbons (Fsp3) is 0.143. The molecule has 0 spiro atoms. The average molecular weight is 437 g/mol. The van der Waals surface area contributed by atoms with Crippen molar-refractivity contribution in [2.75, 3.05) is 0 Å². The molecule has 2 aromatic heterocycles. The first-order chi connectivity index (χ1) is 15.5. The largest absolute Gasteiger partial charge is 0.309 e. The van der Waals surface area contributed by atoms with Crippen molar-refractivity contribution in [1.29, 1.82) is 0 Å². The second kappa shape index (κ2) is 8.21. The van der Waals surface area contributed by atoms with Gasteiger partial charge in [0.15, 0.2) is 0 Å². The molecule has 0 bridgehead atoms. The van der Waals surface area contributed by atoms with Crippen molar-refractivity contribution >= 4 is 21.6 Å². The zero-order valence-corrected chi connectivity index (χ0v) is 19.2. The molecule has 0 fully saturated rings. The number of hydrogen-bond donors (Lipinski definition) is 1. The summed E-state index contributed by atoms with van der Waals surface area (Å²) in [7, 11) is 0. The summed E-state index contributed by atoms with van der Waals surface area (Å²) in [5, 5.41) is 0.680. The summed E-state index contributed by atoms with van der Waals surface area (Å²) in [6.45, 7) is 6.28. The van der Waals surface area contributed by atoms with E-state index in [2.05, 4.69) is 68.2 Å². The maximum atomic E-state index is 13.4. The van der Waals surface area contributed by atoms with Gasteiger partial charge in [-0.05, 0) is 48.6 Å². The van der Waals surface area contributed by atoms with Crippen molar-refractivity contribution in [2.45, 2.75) is 26.7 Å². The molecule has 0 amide bonds. The highest BCUT2D eigenvalue weighted by atomic mass is 32.1. The van der Waals surface area contributed by atoms with Gasteiger partial charge >= 0.3 is 0 Å². The lowest BCUT2D eigenvalue weighted by Crippen LogP contribution is -2.16. The first-order valence-corrected chi connectivity index (χ1v) is 11.6. The van der Waals surface area contributed by atoms with E-state index in [1.165, 1.54) is 11.1 Å². The molecule has 1 N–H and O–H groups in total. The predicted molar refractivity (Wildman–Crippen MR) is 134 cm³/mol. The zero-order valence-electron chi connectivity index (χ0n) is 18.3. The first kappa shape index (κ1) is 20.4. The Balaban J connectivity index is 1.72. The molecule has 0 aliphatic carbocycles. The molecule has 3 aromatic carbocycles. The van der Waals surface area contributed by atoms with Crippen LogP contribution in [0.1, 0.15) is 38.9 Å². The lowest BCUT2D eigenvalue weighted by molar-refractivity contribution is 0.860. The van der Waals surface area contributed by atoms with E-state index in [-0.39, 0.29) is 11.5 Å². The van der Waals surface area contributed by atoms with Crippen molar-refractivity contribution in [3.8, 4) is 11.1 Å². The van der Waals surface area contributed by atoms with E-state index in [0.717, 1.165) is 32.0 Å². The first-order valence-electron chi connectivity index (χ1n) is 10.7. The average Bonchev–Trinajstić information content (AvgIpc) is 3.14. The predicted octanol–water partition coefficient (Wildman–Crippen LogP) is 6.76. The number of nitrogens with zero attached hydrogens (tertiary/aromatic N) is 1. The normalized spacial score (nSPS) is 11.4. The Hall–Kier alpha value is -3.50. The maximum Gasteiger partial charge on any atom is 0.260 e. The topological polar surface area (TPSA) is 45.8 Å². The molecule has 0 atom stereocenters. The van der Waals surface area contributed by atoms with Gasteiger partial charge in [0, 0.05) is 10.4 Å². The number of fused-ring (bicyclic) bond motifs is 1. The summed E-state index contributed by atoms with van der Waals surface area (Å²) in [6, 6.07) is 26.8. The van der Waals surface area contributed by atoms with Gasteiger partial charge < -0.3 is 4.98 Å². The third kappa shape index (κ3) is 3.57. The highest BCUT2D eigenvalue weighted by Crippen LogP contribution is 2.37. The summed E-state index contributed by atoms with van der Waals surface area (Å²) in [5.74, 6) is 0.537. The lowest BCUT2D eigenvalue weighted by atomic mass is 9.90. The Morgan fingerprint density at radius 2 is 1.44 bits per heavy atom. The Morgan fingerprint density at radius 1 is 0.812 bits per heavy atom. The third-order valence-corrected chi connectivity index (χ3v) is 7.09. The van der Waals surface area contributed by atoms with E-state index in [4.69, 9.17) is 4.98 Å². The van der Waals surface area contributed by atoms with Crippen molar-refractivity contribution in [2.24, 2.45) is 0 Å². The molecular weight excluding hydrogens is 412 g/mol. The molecule has 0 saturated carbocycles. The Morgan fingerprint density at radius 3 is 2.03 bits per heavy atom. The molecule has 0 saturated heterocycles. The second-order valence-electron chi connectivity index (χ2n) is 8.22. The number of aryl methyl sites for hydroxylation is 3. The molecule has 32 heavy (non-hydrogen) atoms. The van der Waals surface area contributed by atoms with E-state index < -0.39 is 0 Å². The molecular formula is C28H24N2OS. The Kier molecular flexibility index (Phi) is 5.24. The fourth-order valence-corrected chi connectivity index (χ4v) is 5.37. The summed E-state index contributed by atoms with van der Waals surface area (Å²) in [5.41, 5.74) is 6.64. The van der Waals surface area contributed by atoms with E-state index in [1.54, 1.807) is 11.3 Å². The molecule has 5 rings (SSSR count). The zero-order chi connectivity index (χ0) is 22.2. The molecule has 0 unspecified atom stereocenters. The quantitative estimate of drug-likeness (QED) is 0.338. The number of hydrogen-bond acceptors (Lipinski definition) is 3. The van der Waals surface area contributed by atoms with Crippen LogP contribution in [-0.4, -0.2) is 9.97 Å². The van der Waals surface area contributed by atoms with Crippen molar-refractivity contribution in [3.05, 3.63) is 122 Å². The van der Waals surface area contributed by atoms with Crippen LogP contribution in [0.25, 0.3) is 21.3 Å². The standard InChI is InChI=1S/C28H24N2OS/c1-17-14-15-22(16-18(17)2)23-19(3)32-28-25(23)27(31)29-26(30-28)24(20-10-6-4-7-11-20)21-12-8-5-9-13-21/h4-16,24H,1-3H3,(H,29,30,31). The highest BCUT2D eigenvalue weighted by Gasteiger charge is 2.23. The van der Waals surface area contributed by atoms with Crippen molar-refractivity contribution < 1.29 is 0 Å². The van der Waals surface area contributed by atoms with Gasteiger partial charge in [-0.3, -0.25) is 4.79 Å². The van der Waals surface area contributed by atoms with Crippen LogP contribution in [0.5, 0.6) is 0 Å². The van der Waals surface area contributed by atoms with Crippen LogP contribution in [0.15, 0.2) is 83.7 Å². The van der Waals surface area contributed by atoms with Crippen LogP contribution < -0.4 is 5.56 Å². The van der Waals surface area contributed by atoms with Gasteiger partial charge in [-0.25, -0.2) is 4.98 Å². The van der Waals surface area contributed by atoms with Crippen LogP contribution in [0.2, 0.25) is 0 Å². The van der Waals surface area contributed by atoms with Gasteiger partial charge in [-0.1, -0.05) is 78.9 Å². The minimum absolute atomic E-state index is 0.0839. The van der Waals surface area contributed by atoms with Crippen LogP contribution in [0, 0.1) is 20.8 Å². The van der Waals surface area contributed by atoms with Gasteiger partial charge in [-0.15, -0.1) is 11.3 Å². The molecule has 4 heteroatoms. The molecule has 0 radical (unpaired) electrons. The van der Waals surface area contributed by atoms with Gasteiger partial charge in [0.1, 0.15) is 10.7 Å². The number of H-pyrrole nitrogens is 1. The molecule has 158 valence electrons. The summed E-state index contributed by atoms with van der Waals surface area (Å²) in [4.78, 5) is 23.5. The number of rotatable bonds is 4. The monoisotopic (exact) mass is 436 g/mol. The van der Waals surface area contributed by atoms with Crippen molar-refractivity contribution in [1.82, 2.24) is 9.97 Å². The SMILES string of the molecule is Cc1ccc(-c2c(C)sc3nc(C(c4ccccc4)c4ccccc4)[nH]c(=O)c23)cc1C. The second-order valence-corrected chi connectivity index (χ2v) is 9.42. The van der Waals surface area contributed by atoms with Crippen molar-refractivity contribution in [3.63, 3.8) is 0 Å². The van der Waals surface area contributed by atoms with Crippen LogP contribution in [0.3, 0.4) is 0 Å². The van der Waals surface area contributed by atoms with E-state index in [1.807, 2.05) is 36.4 Å². The van der Waals surface area contributed by atoms with Gasteiger partial charge in [0.05, 0.1) is 11.3 Å². The number of nitrogens with one attached hydrogen (secondary N) is 1. The molecule has 2 heterocycles. The van der Waals surface area contributed by atoms with Crippen LogP contribution in [-0.2, 0) is 0 Å². The minimum Gasteiger partial charge on any atom is -0.309 e. The molecule has 0 aliphatic heterocycles. The summed E-state index contributed by atoms with van der Waals surface area (Å²) in [6.07, 6.45) is 0. The highest BCUT2D eigenvalue weighted by molar-refractivity contribution is 7.19. The number of aromatic nitrogens is 2. The molecule has 3 nitrogen and oxygen atoms in total. The van der Waals surface area contributed by atoms with E-state index in [9.17, 15) is 4.79 Å². The Labute approximate surface area is 191 Å². The fourth-order valence-electron chi connectivity index (χ4n) is 4.32. The van der Waals surface area contributed by atoms with E-state index >= 15 is 0 Å². The Bertz CT molecular complexity index is 1430. The van der Waals surface area contributed by atoms with Gasteiger partial charge in [0.25, 0.3) is 5.56 Å². The maximum absolute atomic E-state index is 13.4. The summed E-state index contributed by atoms with van der Waals surface area (Å²) < 4.78 is 0. The van der Waals surface area contributed by atoms with E-state index in [0.29, 0.717) is 11.2 Å². The van der Waals surface area contributed by atoms with Gasteiger partial charge in [0.2, 0.25) is 0 Å². The smallest absolute Gasteiger partial charge is 0.260 e. The molecule has 5 aromatic rings. The minimum atomic E-state index is -0.137. The number of benzene rings is 3. The number of aromatic amines is 1. The third-order valence-electron chi connectivity index (χ3n) is 6.09. The van der Waals surface area contributed by atoms with Crippen LogP contribution in [0.4, 0.5) is 0 Å². The molecule has 0 aliphatic rings. The lowest BCUT2D eigenvalue weighted by Gasteiger charge is -2.17. The number of thiophene rings is 1. The van der Waals surface area contributed by atoms with Gasteiger partial charge in [-0.2, -0.15) is 0 Å².